The third-order valence-electron chi connectivity index (χ3n) is 6.21. The quantitative estimate of drug-likeness (QED) is 0.345. The molecule has 13 heteroatoms. The lowest BCUT2D eigenvalue weighted by Gasteiger charge is -2.35. The molecule has 5 rings (SSSR count). The number of urea groups is 1. The lowest BCUT2D eigenvalue weighted by Crippen LogP contribution is -2.45. The van der Waals surface area contributed by atoms with Crippen LogP contribution in [0.3, 0.4) is 0 Å². The van der Waals surface area contributed by atoms with Crippen molar-refractivity contribution in [2.24, 2.45) is 0 Å². The Labute approximate surface area is 229 Å². The third kappa shape index (κ3) is 4.72. The van der Waals surface area contributed by atoms with Gasteiger partial charge in [0, 0.05) is 42.0 Å². The van der Waals surface area contributed by atoms with E-state index in [4.69, 9.17) is 31.0 Å². The summed E-state index contributed by atoms with van der Waals surface area (Å²) in [6.07, 6.45) is 1.59. The maximum atomic E-state index is 13.6. The largest absolute Gasteiger partial charge is 0.497 e. The normalized spacial score (nSPS) is 13.0. The van der Waals surface area contributed by atoms with Gasteiger partial charge < -0.3 is 14.6 Å². The standard InChI is InChI=1S/C25H23ClN4O5S.CH2O2/c1-15-10-19-23-16(13-27-24(19)30(15)36(32,33)18-8-6-5-7-9-18)14-29(25(31)28(23)2)20-11-17(34-3)12-21(35-4)22(20)26;2-1-3/h5-13H,14H2,1-4H3;1H,(H,2,3). The lowest BCUT2D eigenvalue weighted by atomic mass is 10.1. The second kappa shape index (κ2) is 10.8. The molecule has 11 nitrogen and oxygen atoms in total. The van der Waals surface area contributed by atoms with Crippen molar-refractivity contribution < 1.29 is 32.6 Å². The monoisotopic (exact) mass is 572 g/mol. The molecule has 0 radical (unpaired) electrons. The van der Waals surface area contributed by atoms with Gasteiger partial charge in [0.2, 0.25) is 0 Å². The fraction of sp³-hybridized carbons (Fsp3) is 0.192. The summed E-state index contributed by atoms with van der Waals surface area (Å²) in [4.78, 5) is 29.6. The third-order valence-corrected chi connectivity index (χ3v) is 8.40. The molecule has 1 N–H and O–H groups in total. The minimum Gasteiger partial charge on any atom is -0.497 e. The van der Waals surface area contributed by atoms with E-state index in [-0.39, 0.29) is 34.6 Å². The number of rotatable bonds is 5. The van der Waals surface area contributed by atoms with E-state index in [1.807, 2.05) is 0 Å². The Balaban J connectivity index is 0.00000112. The molecule has 1 aliphatic rings. The zero-order valence-corrected chi connectivity index (χ0v) is 23.0. The average molecular weight is 573 g/mol. The first-order valence-electron chi connectivity index (χ1n) is 11.5. The first-order valence-corrected chi connectivity index (χ1v) is 13.3. The first kappa shape index (κ1) is 27.7. The number of nitrogens with zero attached hydrogens (tertiary/aromatic N) is 4. The van der Waals surface area contributed by atoms with Crippen molar-refractivity contribution in [1.29, 1.82) is 0 Å². The maximum absolute atomic E-state index is 13.6. The fourth-order valence-electron chi connectivity index (χ4n) is 4.52. The van der Waals surface area contributed by atoms with E-state index in [0.717, 1.165) is 5.56 Å². The molecule has 1 aliphatic heterocycles. The van der Waals surface area contributed by atoms with E-state index in [9.17, 15) is 13.2 Å². The number of methoxy groups -OCH3 is 2. The number of pyridine rings is 1. The predicted octanol–water partition coefficient (Wildman–Crippen LogP) is 4.53. The topological polar surface area (TPSA) is 131 Å². The van der Waals surface area contributed by atoms with Crippen LogP contribution < -0.4 is 19.3 Å². The highest BCUT2D eigenvalue weighted by Crippen LogP contribution is 2.43. The molecule has 0 spiro atoms. The molecule has 0 saturated heterocycles. The number of anilines is 2. The Morgan fingerprint density at radius 3 is 2.38 bits per heavy atom. The number of aryl methyl sites for hydroxylation is 1. The molecule has 4 aromatic rings. The smallest absolute Gasteiger partial charge is 0.329 e. The fourth-order valence-corrected chi connectivity index (χ4v) is 6.32. The Morgan fingerprint density at radius 2 is 1.77 bits per heavy atom. The van der Waals surface area contributed by atoms with E-state index >= 15 is 0 Å². The summed E-state index contributed by atoms with van der Waals surface area (Å²) >= 11 is 6.56. The van der Waals surface area contributed by atoms with Crippen LogP contribution in [-0.2, 0) is 21.4 Å². The number of hydrogen-bond acceptors (Lipinski definition) is 7. The molecule has 3 heterocycles. The Kier molecular flexibility index (Phi) is 7.70. The second-order valence-electron chi connectivity index (χ2n) is 8.43. The van der Waals surface area contributed by atoms with Crippen LogP contribution >= 0.6 is 11.6 Å². The van der Waals surface area contributed by atoms with Crippen LogP contribution in [-0.4, -0.2) is 56.3 Å². The highest BCUT2D eigenvalue weighted by Gasteiger charge is 2.34. The van der Waals surface area contributed by atoms with E-state index in [2.05, 4.69) is 4.98 Å². The van der Waals surface area contributed by atoms with Crippen molar-refractivity contribution >= 4 is 56.5 Å². The van der Waals surface area contributed by atoms with Crippen LogP contribution in [0.1, 0.15) is 11.3 Å². The van der Waals surface area contributed by atoms with Crippen LogP contribution in [0.4, 0.5) is 16.2 Å². The van der Waals surface area contributed by atoms with E-state index in [1.165, 1.54) is 28.0 Å². The van der Waals surface area contributed by atoms with Crippen molar-refractivity contribution in [2.45, 2.75) is 18.4 Å². The molecule has 0 saturated carbocycles. The van der Waals surface area contributed by atoms with Gasteiger partial charge >= 0.3 is 6.03 Å². The van der Waals surface area contributed by atoms with Crippen molar-refractivity contribution in [1.82, 2.24) is 8.96 Å². The van der Waals surface area contributed by atoms with Crippen LogP contribution in [0.25, 0.3) is 11.0 Å². The Morgan fingerprint density at radius 1 is 1.10 bits per heavy atom. The van der Waals surface area contributed by atoms with Crippen molar-refractivity contribution in [3.05, 3.63) is 71.0 Å². The number of carbonyl (C=O) groups is 2. The Bertz CT molecular complexity index is 1670. The number of amides is 2. The van der Waals surface area contributed by atoms with Gasteiger partial charge in [-0.05, 0) is 25.1 Å². The van der Waals surface area contributed by atoms with Crippen LogP contribution in [0.2, 0.25) is 5.02 Å². The number of aromatic nitrogens is 2. The SMILES string of the molecule is COc1cc(OC)c(Cl)c(N2Cc3cnc4c(cc(C)n4S(=O)(=O)c4ccccc4)c3N(C)C2=O)c1.O=CO. The number of hydrogen-bond donors (Lipinski definition) is 1. The van der Waals surface area contributed by atoms with Crippen molar-refractivity contribution in [3.63, 3.8) is 0 Å². The first-order chi connectivity index (χ1) is 18.6. The van der Waals surface area contributed by atoms with Gasteiger partial charge in [-0.2, -0.15) is 0 Å². The molecule has 2 aromatic heterocycles. The van der Waals surface area contributed by atoms with Crippen LogP contribution in [0.15, 0.2) is 59.6 Å². The summed E-state index contributed by atoms with van der Waals surface area (Å²) in [5, 5.41) is 7.72. The van der Waals surface area contributed by atoms with Gasteiger partial charge in [0.05, 0.1) is 37.0 Å². The summed E-state index contributed by atoms with van der Waals surface area (Å²) in [6.45, 7) is 1.63. The van der Waals surface area contributed by atoms with Crippen LogP contribution in [0, 0.1) is 6.92 Å². The number of carbonyl (C=O) groups excluding carboxylic acids is 1. The molecule has 0 aliphatic carbocycles. The average Bonchev–Trinajstić information content (AvgIpc) is 3.28. The number of ether oxygens (including phenoxy) is 2. The molecule has 2 amide bonds. The summed E-state index contributed by atoms with van der Waals surface area (Å²) < 4.78 is 38.8. The zero-order valence-electron chi connectivity index (χ0n) is 21.5. The molecule has 0 unspecified atom stereocenters. The number of fused-ring (bicyclic) bond motifs is 3. The highest BCUT2D eigenvalue weighted by atomic mass is 35.5. The van der Waals surface area contributed by atoms with Gasteiger partial charge in [0.25, 0.3) is 16.5 Å². The van der Waals surface area contributed by atoms with Gasteiger partial charge in [0.15, 0.2) is 5.65 Å². The van der Waals surface area contributed by atoms with Crippen molar-refractivity contribution in [2.75, 3.05) is 31.1 Å². The van der Waals surface area contributed by atoms with Gasteiger partial charge in [-0.1, -0.05) is 29.8 Å². The summed E-state index contributed by atoms with van der Waals surface area (Å²) in [6, 6.07) is 12.9. The molecule has 0 bridgehead atoms. The maximum Gasteiger partial charge on any atom is 0.329 e. The van der Waals surface area contributed by atoms with E-state index in [1.54, 1.807) is 68.7 Å². The minimum absolute atomic E-state index is 0.155. The van der Waals surface area contributed by atoms with Gasteiger partial charge in [-0.3, -0.25) is 14.6 Å². The van der Waals surface area contributed by atoms with E-state index in [0.29, 0.717) is 34.0 Å². The Hall–Kier alpha value is -4.29. The van der Waals surface area contributed by atoms with Gasteiger partial charge in [-0.15, -0.1) is 0 Å². The summed E-state index contributed by atoms with van der Waals surface area (Å²) in [7, 11) is 0.749. The highest BCUT2D eigenvalue weighted by molar-refractivity contribution is 7.90. The molecule has 0 fully saturated rings. The summed E-state index contributed by atoms with van der Waals surface area (Å²) in [5.74, 6) is 0.861. The van der Waals surface area contributed by atoms with Crippen molar-refractivity contribution in [3.8, 4) is 11.5 Å². The predicted molar refractivity (Wildman–Crippen MR) is 147 cm³/mol. The molecular weight excluding hydrogens is 548 g/mol. The minimum atomic E-state index is -3.89. The molecule has 0 atom stereocenters. The van der Waals surface area contributed by atoms with Crippen LogP contribution in [0.5, 0.6) is 11.5 Å². The number of halogens is 1. The van der Waals surface area contributed by atoms with E-state index < -0.39 is 10.0 Å². The molecule has 204 valence electrons. The second-order valence-corrected chi connectivity index (χ2v) is 10.6. The molecular formula is C26H25ClN4O7S. The number of benzene rings is 2. The molecule has 2 aromatic carbocycles. The summed E-state index contributed by atoms with van der Waals surface area (Å²) in [5.41, 5.74) is 2.49. The zero-order chi connectivity index (χ0) is 28.5. The lowest BCUT2D eigenvalue weighted by molar-refractivity contribution is -0.122. The van der Waals surface area contributed by atoms with Gasteiger partial charge in [0.1, 0.15) is 16.5 Å². The molecule has 39 heavy (non-hydrogen) atoms. The van der Waals surface area contributed by atoms with Gasteiger partial charge in [-0.25, -0.2) is 22.2 Å². The number of carboxylic acid groups (broad SMARTS) is 1.